The highest BCUT2D eigenvalue weighted by molar-refractivity contribution is 7.11. The summed E-state index contributed by atoms with van der Waals surface area (Å²) < 4.78 is 0. The molecule has 14 heavy (non-hydrogen) atoms. The Balaban J connectivity index is 2.72. The van der Waals surface area contributed by atoms with E-state index < -0.39 is 11.9 Å². The number of hydrogen-bond acceptors (Lipinski definition) is 4. The SMILES string of the molecule is CC(C(=O)O)c1ncc(CN(C)C)s1. The van der Waals surface area contributed by atoms with Crippen molar-refractivity contribution in [1.82, 2.24) is 9.88 Å². The van der Waals surface area contributed by atoms with Crippen LogP contribution in [0.25, 0.3) is 0 Å². The van der Waals surface area contributed by atoms with Gasteiger partial charge in [-0.15, -0.1) is 11.3 Å². The Bertz CT molecular complexity index is 322. The van der Waals surface area contributed by atoms with E-state index in [0.717, 1.165) is 11.4 Å². The number of thiazole rings is 1. The summed E-state index contributed by atoms with van der Waals surface area (Å²) in [5, 5.41) is 9.46. The first-order valence-corrected chi connectivity index (χ1v) is 5.14. The molecular formula is C9H14N2O2S. The van der Waals surface area contributed by atoms with Gasteiger partial charge in [-0.3, -0.25) is 4.79 Å². The summed E-state index contributed by atoms with van der Waals surface area (Å²) in [5.41, 5.74) is 0. The smallest absolute Gasteiger partial charge is 0.313 e. The van der Waals surface area contributed by atoms with E-state index >= 15 is 0 Å². The topological polar surface area (TPSA) is 53.4 Å². The van der Waals surface area contributed by atoms with E-state index in [1.165, 1.54) is 11.3 Å². The maximum atomic E-state index is 10.7. The van der Waals surface area contributed by atoms with E-state index in [9.17, 15) is 4.79 Å². The van der Waals surface area contributed by atoms with Gasteiger partial charge in [-0.1, -0.05) is 0 Å². The molecule has 1 heterocycles. The van der Waals surface area contributed by atoms with Gasteiger partial charge in [0.2, 0.25) is 0 Å². The van der Waals surface area contributed by atoms with E-state index in [1.807, 2.05) is 19.0 Å². The van der Waals surface area contributed by atoms with Gasteiger partial charge in [-0.25, -0.2) is 4.98 Å². The molecule has 0 aliphatic carbocycles. The van der Waals surface area contributed by atoms with Crippen molar-refractivity contribution < 1.29 is 9.90 Å². The van der Waals surface area contributed by atoms with Crippen LogP contribution < -0.4 is 0 Å². The number of carbonyl (C=O) groups is 1. The predicted octanol–water partition coefficient (Wildman–Crippen LogP) is 1.39. The van der Waals surface area contributed by atoms with Crippen molar-refractivity contribution >= 4 is 17.3 Å². The van der Waals surface area contributed by atoms with Crippen molar-refractivity contribution in [2.75, 3.05) is 14.1 Å². The first-order valence-electron chi connectivity index (χ1n) is 4.33. The maximum Gasteiger partial charge on any atom is 0.313 e. The van der Waals surface area contributed by atoms with Crippen LogP contribution in [0.5, 0.6) is 0 Å². The summed E-state index contributed by atoms with van der Waals surface area (Å²) in [4.78, 5) is 17.9. The second-order valence-corrected chi connectivity index (χ2v) is 4.61. The number of carboxylic acid groups (broad SMARTS) is 1. The molecule has 0 saturated heterocycles. The third-order valence-corrected chi connectivity index (χ3v) is 2.95. The lowest BCUT2D eigenvalue weighted by molar-refractivity contribution is -0.138. The molecule has 1 aromatic rings. The summed E-state index contributed by atoms with van der Waals surface area (Å²) in [6.45, 7) is 2.46. The molecule has 0 aliphatic rings. The number of carboxylic acids is 1. The van der Waals surface area contributed by atoms with Crippen molar-refractivity contribution in [3.8, 4) is 0 Å². The van der Waals surface area contributed by atoms with E-state index in [4.69, 9.17) is 5.11 Å². The van der Waals surface area contributed by atoms with Crippen LogP contribution in [0.3, 0.4) is 0 Å². The van der Waals surface area contributed by atoms with Gasteiger partial charge in [0.05, 0.1) is 0 Å². The fraction of sp³-hybridized carbons (Fsp3) is 0.556. The van der Waals surface area contributed by atoms with Crippen LogP contribution in [-0.2, 0) is 11.3 Å². The summed E-state index contributed by atoms with van der Waals surface area (Å²) in [5.74, 6) is -1.33. The molecule has 0 fully saturated rings. The highest BCUT2D eigenvalue weighted by Gasteiger charge is 2.17. The monoisotopic (exact) mass is 214 g/mol. The molecule has 5 heteroatoms. The molecule has 0 spiro atoms. The van der Waals surface area contributed by atoms with Crippen LogP contribution >= 0.6 is 11.3 Å². The second-order valence-electron chi connectivity index (χ2n) is 3.46. The summed E-state index contributed by atoms with van der Waals surface area (Å²) in [6, 6.07) is 0. The highest BCUT2D eigenvalue weighted by atomic mass is 32.1. The molecule has 0 amide bonds. The Kier molecular flexibility index (Phi) is 3.60. The van der Waals surface area contributed by atoms with Crippen molar-refractivity contribution in [2.45, 2.75) is 19.4 Å². The second kappa shape index (κ2) is 4.52. The molecule has 1 atom stereocenters. The molecule has 0 bridgehead atoms. The maximum absolute atomic E-state index is 10.7. The fourth-order valence-corrected chi connectivity index (χ4v) is 2.09. The highest BCUT2D eigenvalue weighted by Crippen LogP contribution is 2.22. The predicted molar refractivity (Wildman–Crippen MR) is 55.6 cm³/mol. The Hall–Kier alpha value is -0.940. The van der Waals surface area contributed by atoms with Crippen LogP contribution in [0.15, 0.2) is 6.20 Å². The van der Waals surface area contributed by atoms with E-state index in [0.29, 0.717) is 5.01 Å². The van der Waals surface area contributed by atoms with Gasteiger partial charge in [0.1, 0.15) is 10.9 Å². The van der Waals surface area contributed by atoms with Gasteiger partial charge in [-0.05, 0) is 21.0 Å². The van der Waals surface area contributed by atoms with Crippen LogP contribution in [0.4, 0.5) is 0 Å². The minimum atomic E-state index is -0.823. The Labute approximate surface area is 87.2 Å². The zero-order valence-electron chi connectivity index (χ0n) is 8.52. The zero-order chi connectivity index (χ0) is 10.7. The summed E-state index contributed by atoms with van der Waals surface area (Å²) in [7, 11) is 3.94. The lowest BCUT2D eigenvalue weighted by Crippen LogP contribution is -2.09. The standard InChI is InChI=1S/C9H14N2O2S/c1-6(9(12)13)8-10-4-7(14-8)5-11(2)3/h4,6H,5H2,1-3H3,(H,12,13). The lowest BCUT2D eigenvalue weighted by atomic mass is 10.2. The Morgan fingerprint density at radius 1 is 1.71 bits per heavy atom. The van der Waals surface area contributed by atoms with Crippen LogP contribution in [0, 0.1) is 0 Å². The molecule has 0 saturated carbocycles. The van der Waals surface area contributed by atoms with Crippen molar-refractivity contribution in [3.63, 3.8) is 0 Å². The number of hydrogen-bond donors (Lipinski definition) is 1. The molecule has 0 radical (unpaired) electrons. The minimum absolute atomic E-state index is 0.504. The van der Waals surface area contributed by atoms with Gasteiger partial charge in [0, 0.05) is 17.6 Å². The fourth-order valence-electron chi connectivity index (χ4n) is 1.01. The Morgan fingerprint density at radius 3 is 2.86 bits per heavy atom. The average molecular weight is 214 g/mol. The van der Waals surface area contributed by atoms with Crippen molar-refractivity contribution in [2.24, 2.45) is 0 Å². The zero-order valence-corrected chi connectivity index (χ0v) is 9.34. The quantitative estimate of drug-likeness (QED) is 0.823. The first kappa shape index (κ1) is 11.1. The largest absolute Gasteiger partial charge is 0.481 e. The van der Waals surface area contributed by atoms with Crippen LogP contribution in [0.2, 0.25) is 0 Å². The lowest BCUT2D eigenvalue weighted by Gasteiger charge is -2.05. The molecule has 0 aliphatic heterocycles. The van der Waals surface area contributed by atoms with Gasteiger partial charge in [0.25, 0.3) is 0 Å². The van der Waals surface area contributed by atoms with Crippen LogP contribution in [-0.4, -0.2) is 35.1 Å². The van der Waals surface area contributed by atoms with E-state index in [-0.39, 0.29) is 0 Å². The normalized spacial score (nSPS) is 13.1. The Morgan fingerprint density at radius 2 is 2.36 bits per heavy atom. The van der Waals surface area contributed by atoms with Gasteiger partial charge < -0.3 is 10.0 Å². The molecule has 0 aromatic carbocycles. The first-order chi connectivity index (χ1) is 6.50. The van der Waals surface area contributed by atoms with E-state index in [2.05, 4.69) is 4.98 Å². The number of aromatic nitrogens is 1. The number of aliphatic carboxylic acids is 1. The van der Waals surface area contributed by atoms with Crippen molar-refractivity contribution in [1.29, 1.82) is 0 Å². The number of nitrogens with zero attached hydrogens (tertiary/aromatic N) is 2. The molecule has 4 nitrogen and oxygen atoms in total. The molecule has 1 N–H and O–H groups in total. The molecule has 1 unspecified atom stereocenters. The van der Waals surface area contributed by atoms with Gasteiger partial charge >= 0.3 is 5.97 Å². The molecule has 78 valence electrons. The third-order valence-electron chi connectivity index (χ3n) is 1.78. The average Bonchev–Trinajstić information content (AvgIpc) is 2.50. The third kappa shape index (κ3) is 2.78. The van der Waals surface area contributed by atoms with E-state index in [1.54, 1.807) is 13.1 Å². The van der Waals surface area contributed by atoms with Gasteiger partial charge in [0.15, 0.2) is 0 Å². The molecule has 1 aromatic heterocycles. The van der Waals surface area contributed by atoms with Crippen LogP contribution in [0.1, 0.15) is 22.7 Å². The molecule has 1 rings (SSSR count). The number of rotatable bonds is 4. The van der Waals surface area contributed by atoms with Gasteiger partial charge in [-0.2, -0.15) is 0 Å². The molecular weight excluding hydrogens is 200 g/mol. The minimum Gasteiger partial charge on any atom is -0.481 e. The van der Waals surface area contributed by atoms with Crippen molar-refractivity contribution in [3.05, 3.63) is 16.1 Å². The summed E-state index contributed by atoms with van der Waals surface area (Å²) >= 11 is 1.46. The summed E-state index contributed by atoms with van der Waals surface area (Å²) in [6.07, 6.45) is 1.75.